The van der Waals surface area contributed by atoms with Crippen LogP contribution in [0.2, 0.25) is 0 Å². The number of nitrogens with zero attached hydrogens (tertiary/aromatic N) is 1. The van der Waals surface area contributed by atoms with Crippen molar-refractivity contribution < 1.29 is 9.90 Å². The van der Waals surface area contributed by atoms with Crippen molar-refractivity contribution in [3.8, 4) is 0 Å². The summed E-state index contributed by atoms with van der Waals surface area (Å²) in [6.07, 6.45) is 5.13. The standard InChI is InChI=1S/C11H21NO2S/c1-8(6-7-15-3)12(2)10-5-4-9(10)11(13)14/h8-10H,4-7H2,1-3H3,(H,13,14). The molecule has 1 N–H and O–H groups in total. The summed E-state index contributed by atoms with van der Waals surface area (Å²) in [5.74, 6) is 0.387. The Kier molecular flexibility index (Phi) is 4.93. The molecule has 0 bridgehead atoms. The maximum Gasteiger partial charge on any atom is 0.308 e. The van der Waals surface area contributed by atoms with Crippen molar-refractivity contribution in [3.63, 3.8) is 0 Å². The summed E-state index contributed by atoms with van der Waals surface area (Å²) in [5, 5.41) is 8.98. The Hall–Kier alpha value is -0.220. The zero-order valence-electron chi connectivity index (χ0n) is 9.77. The van der Waals surface area contributed by atoms with Gasteiger partial charge in [0.2, 0.25) is 0 Å². The van der Waals surface area contributed by atoms with Gasteiger partial charge >= 0.3 is 5.97 Å². The minimum atomic E-state index is -0.629. The van der Waals surface area contributed by atoms with E-state index in [0.717, 1.165) is 25.0 Å². The highest BCUT2D eigenvalue weighted by Crippen LogP contribution is 2.33. The lowest BCUT2D eigenvalue weighted by Crippen LogP contribution is -2.51. The number of carbonyl (C=O) groups is 1. The summed E-state index contributed by atoms with van der Waals surface area (Å²) < 4.78 is 0. The molecule has 88 valence electrons. The van der Waals surface area contributed by atoms with E-state index < -0.39 is 5.97 Å². The van der Waals surface area contributed by atoms with Gasteiger partial charge in [-0.15, -0.1) is 0 Å². The van der Waals surface area contributed by atoms with Crippen molar-refractivity contribution in [1.82, 2.24) is 4.90 Å². The molecule has 1 aliphatic carbocycles. The SMILES string of the molecule is CSCCC(C)N(C)C1CCC1C(=O)O. The monoisotopic (exact) mass is 231 g/mol. The van der Waals surface area contributed by atoms with E-state index >= 15 is 0 Å². The van der Waals surface area contributed by atoms with Crippen LogP contribution >= 0.6 is 11.8 Å². The Morgan fingerprint density at radius 3 is 2.67 bits per heavy atom. The van der Waals surface area contributed by atoms with E-state index in [9.17, 15) is 4.79 Å². The molecule has 3 atom stereocenters. The molecule has 1 rings (SSSR count). The van der Waals surface area contributed by atoms with E-state index in [4.69, 9.17) is 5.11 Å². The Morgan fingerprint density at radius 1 is 1.60 bits per heavy atom. The number of rotatable bonds is 6. The highest BCUT2D eigenvalue weighted by Gasteiger charge is 2.40. The van der Waals surface area contributed by atoms with Crippen LogP contribution in [-0.4, -0.2) is 47.1 Å². The van der Waals surface area contributed by atoms with Crippen LogP contribution in [0.15, 0.2) is 0 Å². The number of aliphatic carboxylic acids is 1. The molecule has 0 radical (unpaired) electrons. The molecule has 0 heterocycles. The van der Waals surface area contributed by atoms with Crippen molar-refractivity contribution >= 4 is 17.7 Å². The molecule has 15 heavy (non-hydrogen) atoms. The molecule has 1 saturated carbocycles. The predicted molar refractivity (Wildman–Crippen MR) is 64.4 cm³/mol. The largest absolute Gasteiger partial charge is 0.481 e. The number of hydrogen-bond donors (Lipinski definition) is 1. The second-order valence-corrected chi connectivity index (χ2v) is 5.37. The van der Waals surface area contributed by atoms with Crippen molar-refractivity contribution in [2.75, 3.05) is 19.1 Å². The van der Waals surface area contributed by atoms with E-state index in [0.29, 0.717) is 6.04 Å². The second kappa shape index (κ2) is 5.75. The molecule has 3 unspecified atom stereocenters. The Bertz CT molecular complexity index is 223. The molecular formula is C11H21NO2S. The van der Waals surface area contributed by atoms with Crippen LogP contribution in [0, 0.1) is 5.92 Å². The van der Waals surface area contributed by atoms with Gasteiger partial charge in [-0.25, -0.2) is 0 Å². The maximum absolute atomic E-state index is 10.9. The lowest BCUT2D eigenvalue weighted by molar-refractivity contribution is -0.149. The first kappa shape index (κ1) is 12.8. The minimum absolute atomic E-state index is 0.133. The van der Waals surface area contributed by atoms with Gasteiger partial charge in [-0.3, -0.25) is 9.69 Å². The fourth-order valence-electron chi connectivity index (χ4n) is 2.08. The molecule has 0 aromatic heterocycles. The minimum Gasteiger partial charge on any atom is -0.481 e. The zero-order valence-corrected chi connectivity index (χ0v) is 10.6. The van der Waals surface area contributed by atoms with Crippen LogP contribution in [0.3, 0.4) is 0 Å². The fraction of sp³-hybridized carbons (Fsp3) is 0.909. The Balaban J connectivity index is 2.39. The van der Waals surface area contributed by atoms with Crippen molar-refractivity contribution in [2.45, 2.75) is 38.3 Å². The van der Waals surface area contributed by atoms with Gasteiger partial charge < -0.3 is 5.11 Å². The van der Waals surface area contributed by atoms with Crippen LogP contribution in [0.5, 0.6) is 0 Å². The molecule has 0 saturated heterocycles. The third kappa shape index (κ3) is 3.11. The second-order valence-electron chi connectivity index (χ2n) is 4.39. The van der Waals surface area contributed by atoms with E-state index in [2.05, 4.69) is 25.1 Å². The molecule has 1 aliphatic rings. The highest BCUT2D eigenvalue weighted by atomic mass is 32.2. The summed E-state index contributed by atoms with van der Waals surface area (Å²) >= 11 is 1.85. The first-order valence-corrected chi connectivity index (χ1v) is 6.91. The topological polar surface area (TPSA) is 40.5 Å². The first-order valence-electron chi connectivity index (χ1n) is 5.51. The van der Waals surface area contributed by atoms with Crippen molar-refractivity contribution in [2.24, 2.45) is 5.92 Å². The molecule has 0 amide bonds. The number of carboxylic acids is 1. The van der Waals surface area contributed by atoms with Gasteiger partial charge in [0, 0.05) is 12.1 Å². The molecule has 0 aliphatic heterocycles. The van der Waals surface area contributed by atoms with E-state index in [-0.39, 0.29) is 12.0 Å². The Labute approximate surface area is 96.2 Å². The van der Waals surface area contributed by atoms with Gasteiger partial charge in [0.1, 0.15) is 0 Å². The lowest BCUT2D eigenvalue weighted by Gasteiger charge is -2.43. The number of thioether (sulfide) groups is 1. The van der Waals surface area contributed by atoms with Gasteiger partial charge in [-0.05, 0) is 45.2 Å². The normalized spacial score (nSPS) is 27.5. The van der Waals surface area contributed by atoms with Gasteiger partial charge in [0.05, 0.1) is 5.92 Å². The van der Waals surface area contributed by atoms with Crippen LogP contribution in [0.25, 0.3) is 0 Å². The summed E-state index contributed by atoms with van der Waals surface area (Å²) in [6, 6.07) is 0.754. The van der Waals surface area contributed by atoms with Crippen LogP contribution < -0.4 is 0 Å². The molecule has 0 aromatic rings. The first-order chi connectivity index (χ1) is 7.07. The highest BCUT2D eigenvalue weighted by molar-refractivity contribution is 7.98. The summed E-state index contributed by atoms with van der Waals surface area (Å²) in [5.41, 5.74) is 0. The quantitative estimate of drug-likeness (QED) is 0.758. The number of carboxylic acid groups (broad SMARTS) is 1. The smallest absolute Gasteiger partial charge is 0.308 e. The van der Waals surface area contributed by atoms with Crippen LogP contribution in [0.4, 0.5) is 0 Å². The lowest BCUT2D eigenvalue weighted by atomic mass is 9.78. The Morgan fingerprint density at radius 2 is 2.27 bits per heavy atom. The molecule has 0 aromatic carbocycles. The third-order valence-electron chi connectivity index (χ3n) is 3.51. The van der Waals surface area contributed by atoms with Crippen molar-refractivity contribution in [1.29, 1.82) is 0 Å². The zero-order chi connectivity index (χ0) is 11.4. The molecule has 4 heteroatoms. The van der Waals surface area contributed by atoms with Gasteiger partial charge in [-0.2, -0.15) is 11.8 Å². The average Bonchev–Trinajstić information content (AvgIpc) is 2.11. The van der Waals surface area contributed by atoms with E-state index in [1.165, 1.54) is 0 Å². The van der Waals surface area contributed by atoms with Crippen LogP contribution in [-0.2, 0) is 4.79 Å². The van der Waals surface area contributed by atoms with Crippen LogP contribution in [0.1, 0.15) is 26.2 Å². The summed E-state index contributed by atoms with van der Waals surface area (Å²) in [7, 11) is 2.06. The number of hydrogen-bond acceptors (Lipinski definition) is 3. The molecule has 3 nitrogen and oxygen atoms in total. The summed E-state index contributed by atoms with van der Waals surface area (Å²) in [6.45, 7) is 2.19. The maximum atomic E-state index is 10.9. The molecule has 1 fully saturated rings. The summed E-state index contributed by atoms with van der Waals surface area (Å²) in [4.78, 5) is 13.2. The fourth-order valence-corrected chi connectivity index (χ4v) is 2.65. The van der Waals surface area contributed by atoms with Gasteiger partial charge in [0.15, 0.2) is 0 Å². The van der Waals surface area contributed by atoms with E-state index in [1.54, 1.807) is 0 Å². The van der Waals surface area contributed by atoms with Gasteiger partial charge in [-0.1, -0.05) is 0 Å². The molecular weight excluding hydrogens is 210 g/mol. The third-order valence-corrected chi connectivity index (χ3v) is 4.16. The van der Waals surface area contributed by atoms with E-state index in [1.807, 2.05) is 11.8 Å². The average molecular weight is 231 g/mol. The van der Waals surface area contributed by atoms with Crippen molar-refractivity contribution in [3.05, 3.63) is 0 Å². The predicted octanol–water partition coefficient (Wildman–Crippen LogP) is 1.92. The van der Waals surface area contributed by atoms with Gasteiger partial charge in [0.25, 0.3) is 0 Å². The molecule has 0 spiro atoms.